The molecular formula is C20H22ClNO3. The van der Waals surface area contributed by atoms with Crippen LogP contribution in [0.1, 0.15) is 48.2 Å². The van der Waals surface area contributed by atoms with Crippen LogP contribution in [0.25, 0.3) is 0 Å². The summed E-state index contributed by atoms with van der Waals surface area (Å²) in [4.78, 5) is 24.0. The Morgan fingerprint density at radius 1 is 1.20 bits per heavy atom. The van der Waals surface area contributed by atoms with E-state index in [-0.39, 0.29) is 24.2 Å². The number of nitrogens with one attached hydrogen (secondary N) is 1. The maximum atomic E-state index is 12.3. The van der Waals surface area contributed by atoms with E-state index in [1.54, 1.807) is 12.1 Å². The molecule has 0 bridgehead atoms. The van der Waals surface area contributed by atoms with Gasteiger partial charge in [0, 0.05) is 10.7 Å². The molecule has 1 amide bonds. The molecular weight excluding hydrogens is 338 g/mol. The van der Waals surface area contributed by atoms with Crippen molar-refractivity contribution in [1.82, 2.24) is 0 Å². The van der Waals surface area contributed by atoms with Crippen LogP contribution in [0.2, 0.25) is 5.02 Å². The van der Waals surface area contributed by atoms with Gasteiger partial charge in [0.1, 0.15) is 5.75 Å². The van der Waals surface area contributed by atoms with Crippen molar-refractivity contribution in [2.24, 2.45) is 0 Å². The van der Waals surface area contributed by atoms with E-state index in [1.165, 1.54) is 13.0 Å². The van der Waals surface area contributed by atoms with Crippen molar-refractivity contribution in [2.45, 2.75) is 33.6 Å². The molecule has 0 aliphatic carbocycles. The molecule has 0 radical (unpaired) electrons. The molecule has 0 atom stereocenters. The van der Waals surface area contributed by atoms with Crippen LogP contribution in [0, 0.1) is 6.92 Å². The Bertz CT molecular complexity index is 800. The molecule has 132 valence electrons. The second kappa shape index (κ2) is 8.17. The molecule has 0 aliphatic heterocycles. The van der Waals surface area contributed by atoms with Crippen LogP contribution in [0.3, 0.4) is 0 Å². The highest BCUT2D eigenvalue weighted by Crippen LogP contribution is 2.27. The molecule has 0 fully saturated rings. The summed E-state index contributed by atoms with van der Waals surface area (Å²) in [6.45, 7) is 7.35. The number of hydrogen-bond acceptors (Lipinski definition) is 3. The first-order valence-electron chi connectivity index (χ1n) is 8.12. The zero-order valence-electron chi connectivity index (χ0n) is 14.9. The Hall–Kier alpha value is -2.33. The number of benzene rings is 2. The minimum absolute atomic E-state index is 0.168. The molecule has 2 rings (SSSR count). The Morgan fingerprint density at radius 3 is 2.56 bits per heavy atom. The number of halogens is 1. The molecule has 0 aliphatic rings. The van der Waals surface area contributed by atoms with Crippen LogP contribution < -0.4 is 10.1 Å². The molecule has 5 heteroatoms. The number of para-hydroxylation sites is 1. The van der Waals surface area contributed by atoms with Gasteiger partial charge in [0.25, 0.3) is 5.91 Å². The molecule has 0 saturated carbocycles. The summed E-state index contributed by atoms with van der Waals surface area (Å²) in [5.41, 5.74) is 3.24. The van der Waals surface area contributed by atoms with Gasteiger partial charge in [0.2, 0.25) is 0 Å². The molecule has 0 saturated heterocycles. The lowest BCUT2D eigenvalue weighted by Crippen LogP contribution is -2.22. The average Bonchev–Trinajstić information content (AvgIpc) is 2.55. The first-order chi connectivity index (χ1) is 11.8. The first-order valence-corrected chi connectivity index (χ1v) is 8.50. The van der Waals surface area contributed by atoms with Crippen LogP contribution in [-0.4, -0.2) is 18.3 Å². The molecule has 0 spiro atoms. The minimum Gasteiger partial charge on any atom is -0.483 e. The smallest absolute Gasteiger partial charge is 0.262 e. The molecule has 0 heterocycles. The third-order valence-electron chi connectivity index (χ3n) is 3.87. The predicted octanol–water partition coefficient (Wildman–Crippen LogP) is 4.99. The summed E-state index contributed by atoms with van der Waals surface area (Å²) in [5, 5.41) is 3.36. The van der Waals surface area contributed by atoms with Gasteiger partial charge >= 0.3 is 0 Å². The molecule has 1 N–H and O–H groups in total. The second-order valence-electron chi connectivity index (χ2n) is 6.23. The zero-order chi connectivity index (χ0) is 18.6. The van der Waals surface area contributed by atoms with Gasteiger partial charge in [-0.05, 0) is 49.1 Å². The van der Waals surface area contributed by atoms with E-state index in [0.717, 1.165) is 16.8 Å². The number of hydrogen-bond donors (Lipinski definition) is 1. The Kier molecular flexibility index (Phi) is 6.21. The number of ketones is 1. The fourth-order valence-corrected chi connectivity index (χ4v) is 2.74. The average molecular weight is 360 g/mol. The van der Waals surface area contributed by atoms with E-state index in [4.69, 9.17) is 16.3 Å². The first kappa shape index (κ1) is 19.0. The van der Waals surface area contributed by atoms with Gasteiger partial charge in [0.05, 0.1) is 5.56 Å². The maximum absolute atomic E-state index is 12.3. The summed E-state index contributed by atoms with van der Waals surface area (Å²) in [5.74, 6) is 0.192. The van der Waals surface area contributed by atoms with E-state index >= 15 is 0 Å². The number of Topliss-reactive ketones (excluding diaryl/α,β-unsaturated/α-hetero) is 1. The Labute approximate surface area is 153 Å². The normalized spacial score (nSPS) is 10.6. The fourth-order valence-electron chi connectivity index (χ4n) is 2.56. The van der Waals surface area contributed by atoms with Crippen LogP contribution in [0.4, 0.5) is 5.69 Å². The van der Waals surface area contributed by atoms with Crippen LogP contribution in [-0.2, 0) is 4.79 Å². The van der Waals surface area contributed by atoms with Crippen molar-refractivity contribution >= 4 is 29.0 Å². The van der Waals surface area contributed by atoms with Crippen molar-refractivity contribution in [1.29, 1.82) is 0 Å². The molecule has 4 nitrogen and oxygen atoms in total. The van der Waals surface area contributed by atoms with E-state index in [0.29, 0.717) is 16.3 Å². The quantitative estimate of drug-likeness (QED) is 0.739. The summed E-state index contributed by atoms with van der Waals surface area (Å²) >= 11 is 5.91. The number of ether oxygens (including phenoxy) is 1. The lowest BCUT2D eigenvalue weighted by Gasteiger charge is -2.17. The third kappa shape index (κ3) is 4.83. The van der Waals surface area contributed by atoms with E-state index in [2.05, 4.69) is 19.2 Å². The van der Waals surface area contributed by atoms with Gasteiger partial charge in [-0.25, -0.2) is 0 Å². The van der Waals surface area contributed by atoms with Gasteiger partial charge in [-0.2, -0.15) is 0 Å². The second-order valence-corrected chi connectivity index (χ2v) is 6.66. The molecule has 0 unspecified atom stereocenters. The van der Waals surface area contributed by atoms with Gasteiger partial charge in [0.15, 0.2) is 12.4 Å². The van der Waals surface area contributed by atoms with Crippen molar-refractivity contribution in [3.63, 3.8) is 0 Å². The monoisotopic (exact) mass is 359 g/mol. The van der Waals surface area contributed by atoms with Gasteiger partial charge in [-0.1, -0.05) is 43.6 Å². The molecule has 0 aromatic heterocycles. The number of aryl methyl sites for hydroxylation is 1. The SMILES string of the molecule is CC(=O)c1cc(Cl)ccc1OCC(=O)Nc1c(C)cccc1C(C)C. The number of rotatable bonds is 6. The van der Waals surface area contributed by atoms with Crippen molar-refractivity contribution in [2.75, 3.05) is 11.9 Å². The largest absolute Gasteiger partial charge is 0.483 e. The van der Waals surface area contributed by atoms with Crippen molar-refractivity contribution in [3.8, 4) is 5.75 Å². The number of amides is 1. The minimum atomic E-state index is -0.277. The molecule has 2 aromatic carbocycles. The van der Waals surface area contributed by atoms with Gasteiger partial charge in [-0.15, -0.1) is 0 Å². The predicted molar refractivity (Wildman–Crippen MR) is 101 cm³/mol. The van der Waals surface area contributed by atoms with E-state index in [1.807, 2.05) is 25.1 Å². The van der Waals surface area contributed by atoms with E-state index < -0.39 is 0 Å². The lowest BCUT2D eigenvalue weighted by molar-refractivity contribution is -0.118. The van der Waals surface area contributed by atoms with Crippen LogP contribution in [0.15, 0.2) is 36.4 Å². The highest BCUT2D eigenvalue weighted by Gasteiger charge is 2.14. The fraction of sp³-hybridized carbons (Fsp3) is 0.300. The summed E-state index contributed by atoms with van der Waals surface area (Å²) < 4.78 is 5.54. The number of carbonyl (C=O) groups excluding carboxylic acids is 2. The summed E-state index contributed by atoms with van der Waals surface area (Å²) in [6, 6.07) is 10.7. The van der Waals surface area contributed by atoms with Crippen molar-refractivity contribution < 1.29 is 14.3 Å². The highest BCUT2D eigenvalue weighted by molar-refractivity contribution is 6.31. The van der Waals surface area contributed by atoms with Crippen LogP contribution >= 0.6 is 11.6 Å². The molecule has 2 aromatic rings. The van der Waals surface area contributed by atoms with Gasteiger partial charge in [-0.3, -0.25) is 9.59 Å². The zero-order valence-corrected chi connectivity index (χ0v) is 15.6. The number of carbonyl (C=O) groups is 2. The topological polar surface area (TPSA) is 55.4 Å². The summed E-state index contributed by atoms with van der Waals surface area (Å²) in [6.07, 6.45) is 0. The molecule has 25 heavy (non-hydrogen) atoms. The van der Waals surface area contributed by atoms with Gasteiger partial charge < -0.3 is 10.1 Å². The Morgan fingerprint density at radius 2 is 1.92 bits per heavy atom. The van der Waals surface area contributed by atoms with Crippen LogP contribution in [0.5, 0.6) is 5.75 Å². The van der Waals surface area contributed by atoms with Crippen molar-refractivity contribution in [3.05, 3.63) is 58.1 Å². The summed E-state index contributed by atoms with van der Waals surface area (Å²) in [7, 11) is 0. The lowest BCUT2D eigenvalue weighted by atomic mass is 9.98. The maximum Gasteiger partial charge on any atom is 0.262 e. The number of anilines is 1. The highest BCUT2D eigenvalue weighted by atomic mass is 35.5. The van der Waals surface area contributed by atoms with E-state index in [9.17, 15) is 9.59 Å². The standard InChI is InChI=1S/C20H22ClNO3/c1-12(2)16-7-5-6-13(3)20(16)22-19(24)11-25-18-9-8-15(21)10-17(18)14(4)23/h5-10,12H,11H2,1-4H3,(H,22,24). The third-order valence-corrected chi connectivity index (χ3v) is 4.11. The Balaban J connectivity index is 2.12.